The number of benzene rings is 2. The van der Waals surface area contributed by atoms with Crippen LogP contribution in [-0.2, 0) is 6.42 Å². The number of aromatic nitrogens is 2. The minimum absolute atomic E-state index is 0.229. The summed E-state index contributed by atoms with van der Waals surface area (Å²) in [5, 5.41) is 16.5. The number of nitrogens with one attached hydrogen (secondary N) is 1. The number of aliphatic hydroxyl groups is 1. The number of nitrogens with zero attached hydrogens (tertiary/aromatic N) is 1. The Morgan fingerprint density at radius 3 is 2.68 bits per heavy atom. The molecule has 4 rings (SSSR count). The molecule has 0 saturated carbocycles. The molecule has 11 heteroatoms. The van der Waals surface area contributed by atoms with E-state index >= 15 is 0 Å². The molecule has 1 atom stereocenters. The fraction of sp³-hybridized carbons (Fsp3) is 0.235. The van der Waals surface area contributed by atoms with Gasteiger partial charge in [0.1, 0.15) is 11.9 Å². The second-order valence-corrected chi connectivity index (χ2v) is 7.26. The second kappa shape index (κ2) is 6.31. The lowest BCUT2D eigenvalue weighted by molar-refractivity contribution is -0.0977. The molecule has 0 aliphatic heterocycles. The molecule has 0 bridgehead atoms. The molecular formula is C17H10F6N2O2S. The van der Waals surface area contributed by atoms with Gasteiger partial charge in [-0.25, -0.2) is 13.2 Å². The van der Waals surface area contributed by atoms with Gasteiger partial charge >= 0.3 is 5.51 Å². The van der Waals surface area contributed by atoms with Crippen molar-refractivity contribution < 1.29 is 36.2 Å². The van der Waals surface area contributed by atoms with Crippen molar-refractivity contribution >= 4 is 22.7 Å². The highest BCUT2D eigenvalue weighted by molar-refractivity contribution is 8.00. The van der Waals surface area contributed by atoms with Gasteiger partial charge in [-0.15, -0.1) is 0 Å². The number of rotatable bonds is 3. The number of hydrogen-bond acceptors (Lipinski definition) is 4. The zero-order valence-electron chi connectivity index (χ0n) is 13.6. The monoisotopic (exact) mass is 420 g/mol. The third kappa shape index (κ3) is 3.18. The molecule has 1 heterocycles. The van der Waals surface area contributed by atoms with E-state index in [2.05, 4.69) is 10.2 Å². The van der Waals surface area contributed by atoms with Crippen LogP contribution in [0.1, 0.15) is 17.2 Å². The smallest absolute Gasteiger partial charge is 0.446 e. The lowest BCUT2D eigenvalue weighted by Gasteiger charge is -2.17. The SMILES string of the molecule is OC1c2c(SC(F)(F)F)ccc(Oc3c(F)ccc4[nH]ncc34)c2CC1(F)F. The van der Waals surface area contributed by atoms with Gasteiger partial charge in [0.05, 0.1) is 17.1 Å². The molecule has 2 aromatic carbocycles. The lowest BCUT2D eigenvalue weighted by atomic mass is 10.1. The maximum atomic E-state index is 14.2. The molecule has 0 radical (unpaired) electrons. The summed E-state index contributed by atoms with van der Waals surface area (Å²) in [4.78, 5) is -0.554. The summed E-state index contributed by atoms with van der Waals surface area (Å²) >= 11 is -0.605. The number of aromatic amines is 1. The number of H-pyrrole nitrogens is 1. The van der Waals surface area contributed by atoms with Crippen LogP contribution < -0.4 is 4.74 Å². The van der Waals surface area contributed by atoms with Gasteiger partial charge in [0, 0.05) is 22.4 Å². The summed E-state index contributed by atoms with van der Waals surface area (Å²) in [5.41, 5.74) is -5.18. The quantitative estimate of drug-likeness (QED) is 0.444. The van der Waals surface area contributed by atoms with Crippen molar-refractivity contribution in [1.29, 1.82) is 0 Å². The first kappa shape index (κ1) is 18.9. The van der Waals surface area contributed by atoms with Crippen LogP contribution in [0.15, 0.2) is 35.4 Å². The predicted octanol–water partition coefficient (Wildman–Crippen LogP) is 5.33. The maximum absolute atomic E-state index is 14.2. The Morgan fingerprint density at radius 2 is 1.96 bits per heavy atom. The molecule has 28 heavy (non-hydrogen) atoms. The average Bonchev–Trinajstić information content (AvgIpc) is 3.14. The van der Waals surface area contributed by atoms with Crippen LogP contribution >= 0.6 is 11.8 Å². The number of halogens is 6. The zero-order valence-corrected chi connectivity index (χ0v) is 14.5. The molecule has 148 valence electrons. The van der Waals surface area contributed by atoms with Crippen LogP contribution in [0.5, 0.6) is 11.5 Å². The van der Waals surface area contributed by atoms with Crippen LogP contribution in [0.2, 0.25) is 0 Å². The Labute approximate surface area is 157 Å². The van der Waals surface area contributed by atoms with Gasteiger partial charge < -0.3 is 9.84 Å². The number of alkyl halides is 5. The van der Waals surface area contributed by atoms with Crippen molar-refractivity contribution in [1.82, 2.24) is 10.2 Å². The molecule has 0 fully saturated rings. The Bertz CT molecular complexity index is 1070. The van der Waals surface area contributed by atoms with Gasteiger partial charge in [-0.3, -0.25) is 5.10 Å². The lowest BCUT2D eigenvalue weighted by Crippen LogP contribution is -2.21. The molecule has 0 spiro atoms. The number of hydrogen-bond donors (Lipinski definition) is 2. The van der Waals surface area contributed by atoms with Gasteiger partial charge in [-0.1, -0.05) is 0 Å². The molecular weight excluding hydrogens is 410 g/mol. The summed E-state index contributed by atoms with van der Waals surface area (Å²) in [6.45, 7) is 0. The maximum Gasteiger partial charge on any atom is 0.446 e. The van der Waals surface area contributed by atoms with E-state index in [4.69, 9.17) is 4.74 Å². The van der Waals surface area contributed by atoms with Gasteiger partial charge in [-0.05, 0) is 36.0 Å². The van der Waals surface area contributed by atoms with Gasteiger partial charge in [0.15, 0.2) is 11.6 Å². The molecule has 2 N–H and O–H groups in total. The van der Waals surface area contributed by atoms with E-state index in [0.717, 1.165) is 18.2 Å². The molecule has 3 aromatic rings. The zero-order chi connectivity index (χ0) is 20.3. The Hall–Kier alpha value is -2.40. The average molecular weight is 420 g/mol. The van der Waals surface area contributed by atoms with Gasteiger partial charge in [-0.2, -0.15) is 18.3 Å². The molecule has 0 saturated heterocycles. The van der Waals surface area contributed by atoms with Crippen molar-refractivity contribution in [2.45, 2.75) is 28.9 Å². The van der Waals surface area contributed by atoms with E-state index in [1.54, 1.807) is 0 Å². The number of thioether (sulfide) groups is 1. The predicted molar refractivity (Wildman–Crippen MR) is 88.1 cm³/mol. The highest BCUT2D eigenvalue weighted by Crippen LogP contribution is 2.53. The van der Waals surface area contributed by atoms with Crippen LogP contribution in [-0.4, -0.2) is 26.7 Å². The minimum atomic E-state index is -4.73. The Balaban J connectivity index is 1.83. The highest BCUT2D eigenvalue weighted by atomic mass is 32.2. The van der Waals surface area contributed by atoms with Gasteiger partial charge in [0.2, 0.25) is 0 Å². The van der Waals surface area contributed by atoms with Crippen LogP contribution in [0.3, 0.4) is 0 Å². The number of ether oxygens (including phenoxy) is 1. The van der Waals surface area contributed by atoms with Crippen molar-refractivity contribution in [2.24, 2.45) is 0 Å². The second-order valence-electron chi connectivity index (χ2n) is 6.15. The topological polar surface area (TPSA) is 58.1 Å². The molecule has 4 nitrogen and oxygen atoms in total. The van der Waals surface area contributed by atoms with E-state index < -0.39 is 52.0 Å². The number of aliphatic hydroxyl groups excluding tert-OH is 1. The molecule has 0 amide bonds. The van der Waals surface area contributed by atoms with E-state index in [9.17, 15) is 31.4 Å². The van der Waals surface area contributed by atoms with Crippen LogP contribution in [0.25, 0.3) is 10.9 Å². The van der Waals surface area contributed by atoms with E-state index in [1.807, 2.05) is 0 Å². The third-order valence-electron chi connectivity index (χ3n) is 4.32. The summed E-state index contributed by atoms with van der Waals surface area (Å²) in [6.07, 6.45) is -2.19. The summed E-state index contributed by atoms with van der Waals surface area (Å²) in [6, 6.07) is 4.45. The first-order valence-corrected chi connectivity index (χ1v) is 8.65. The summed E-state index contributed by atoms with van der Waals surface area (Å²) < 4.78 is 86.2. The molecule has 1 aromatic heterocycles. The van der Waals surface area contributed by atoms with Crippen molar-refractivity contribution in [2.75, 3.05) is 0 Å². The largest absolute Gasteiger partial charge is 0.453 e. The van der Waals surface area contributed by atoms with Crippen molar-refractivity contribution in [3.63, 3.8) is 0 Å². The van der Waals surface area contributed by atoms with E-state index in [0.29, 0.717) is 5.52 Å². The Morgan fingerprint density at radius 1 is 1.21 bits per heavy atom. The fourth-order valence-electron chi connectivity index (χ4n) is 3.14. The molecule has 1 unspecified atom stereocenters. The summed E-state index contributed by atoms with van der Waals surface area (Å²) in [7, 11) is 0. The first-order chi connectivity index (χ1) is 13.1. The first-order valence-electron chi connectivity index (χ1n) is 7.83. The van der Waals surface area contributed by atoms with Gasteiger partial charge in [0.25, 0.3) is 5.92 Å². The van der Waals surface area contributed by atoms with Crippen LogP contribution in [0.4, 0.5) is 26.3 Å². The standard InChI is InChI=1S/C17H10F6N2O2S/c18-9-1-2-10-8(6-24-25-10)14(9)27-11-3-4-12(28-17(21,22)23)13-7(11)5-16(19,20)15(13)26/h1-4,6,15,26H,5H2,(H,24,25). The Kier molecular flexibility index (Phi) is 4.27. The van der Waals surface area contributed by atoms with E-state index in [-0.39, 0.29) is 22.4 Å². The molecule has 1 aliphatic rings. The normalized spacial score (nSPS) is 18.5. The highest BCUT2D eigenvalue weighted by Gasteiger charge is 2.50. The van der Waals surface area contributed by atoms with Crippen molar-refractivity contribution in [3.8, 4) is 11.5 Å². The van der Waals surface area contributed by atoms with E-state index in [1.165, 1.54) is 12.3 Å². The number of fused-ring (bicyclic) bond motifs is 2. The molecule has 1 aliphatic carbocycles. The minimum Gasteiger partial charge on any atom is -0.453 e. The fourth-order valence-corrected chi connectivity index (χ4v) is 3.87. The summed E-state index contributed by atoms with van der Waals surface area (Å²) in [5.74, 6) is -5.05. The third-order valence-corrected chi connectivity index (χ3v) is 5.13. The van der Waals surface area contributed by atoms with Crippen LogP contribution in [0, 0.1) is 5.82 Å². The van der Waals surface area contributed by atoms with Crippen molar-refractivity contribution in [3.05, 3.63) is 47.4 Å².